The standard InChI is InChI=1S/C8H15NO4S/c10-8(11)6-9(14(12)13)7-4-2-1-3-5-7/h7H,1-6H2,(H,10,11)(H,12,13). The molecule has 0 aromatic rings. The number of carboxylic acid groups (broad SMARTS) is 1. The van der Waals surface area contributed by atoms with Gasteiger partial charge in [0.2, 0.25) is 11.3 Å². The number of hydrogen-bond acceptors (Lipinski definition) is 2. The van der Waals surface area contributed by atoms with Crippen molar-refractivity contribution >= 4 is 17.2 Å². The summed E-state index contributed by atoms with van der Waals surface area (Å²) in [5.41, 5.74) is 0. The molecule has 0 bridgehead atoms. The van der Waals surface area contributed by atoms with Crippen LogP contribution in [0.25, 0.3) is 0 Å². The molecule has 1 fully saturated rings. The highest BCUT2D eigenvalue weighted by molar-refractivity contribution is 7.76. The second-order valence-electron chi connectivity index (χ2n) is 3.49. The van der Waals surface area contributed by atoms with Crippen molar-refractivity contribution in [3.8, 4) is 0 Å². The van der Waals surface area contributed by atoms with Crippen molar-refractivity contribution < 1.29 is 18.7 Å². The minimum Gasteiger partial charge on any atom is -0.480 e. The second kappa shape index (κ2) is 5.43. The van der Waals surface area contributed by atoms with Crippen LogP contribution in [0.4, 0.5) is 0 Å². The summed E-state index contributed by atoms with van der Waals surface area (Å²) < 4.78 is 21.0. The van der Waals surface area contributed by atoms with Gasteiger partial charge in [0.1, 0.15) is 6.54 Å². The maximum absolute atomic E-state index is 10.9. The summed E-state index contributed by atoms with van der Waals surface area (Å²) in [6, 6.07) is -0.0503. The van der Waals surface area contributed by atoms with Gasteiger partial charge < -0.3 is 5.11 Å². The molecule has 82 valence electrons. The highest BCUT2D eigenvalue weighted by atomic mass is 32.2. The van der Waals surface area contributed by atoms with Crippen LogP contribution in [0.1, 0.15) is 32.1 Å². The van der Waals surface area contributed by atoms with Gasteiger partial charge in [0, 0.05) is 6.04 Å². The van der Waals surface area contributed by atoms with Crippen LogP contribution in [0.2, 0.25) is 0 Å². The molecule has 0 spiro atoms. The Morgan fingerprint density at radius 2 is 1.93 bits per heavy atom. The fourth-order valence-electron chi connectivity index (χ4n) is 1.81. The molecular weight excluding hydrogens is 206 g/mol. The van der Waals surface area contributed by atoms with Crippen molar-refractivity contribution in [1.82, 2.24) is 4.31 Å². The van der Waals surface area contributed by atoms with Crippen LogP contribution in [0.3, 0.4) is 0 Å². The third-order valence-electron chi connectivity index (χ3n) is 2.47. The molecule has 0 radical (unpaired) electrons. The second-order valence-corrected chi connectivity index (χ2v) is 4.42. The van der Waals surface area contributed by atoms with Gasteiger partial charge in [0.05, 0.1) is 0 Å². The summed E-state index contributed by atoms with van der Waals surface area (Å²) in [5, 5.41) is 8.58. The molecule has 0 heterocycles. The SMILES string of the molecule is O=C(O)CN(C1CCCCC1)S(=O)O. The molecule has 2 N–H and O–H groups in total. The molecule has 0 aromatic carbocycles. The first-order chi connectivity index (χ1) is 6.61. The molecule has 6 heteroatoms. The van der Waals surface area contributed by atoms with Crippen LogP contribution in [0.15, 0.2) is 0 Å². The molecule has 1 rings (SSSR count). The highest BCUT2D eigenvalue weighted by Crippen LogP contribution is 2.22. The van der Waals surface area contributed by atoms with E-state index in [1.807, 2.05) is 0 Å². The van der Waals surface area contributed by atoms with Crippen LogP contribution in [-0.4, -0.2) is 36.7 Å². The van der Waals surface area contributed by atoms with E-state index in [-0.39, 0.29) is 12.6 Å². The average molecular weight is 221 g/mol. The molecule has 1 unspecified atom stereocenters. The number of aliphatic carboxylic acids is 1. The van der Waals surface area contributed by atoms with E-state index in [1.54, 1.807) is 0 Å². The fourth-order valence-corrected chi connectivity index (χ4v) is 2.50. The van der Waals surface area contributed by atoms with E-state index in [0.29, 0.717) is 0 Å². The van der Waals surface area contributed by atoms with Gasteiger partial charge in [-0.25, -0.2) is 4.21 Å². The summed E-state index contributed by atoms with van der Waals surface area (Å²) in [6.07, 6.45) is 4.80. The van der Waals surface area contributed by atoms with Crippen LogP contribution >= 0.6 is 0 Å². The molecule has 0 amide bonds. The van der Waals surface area contributed by atoms with Gasteiger partial charge >= 0.3 is 5.97 Å². The predicted octanol–water partition coefficient (Wildman–Crippen LogP) is 0.842. The van der Waals surface area contributed by atoms with E-state index in [4.69, 9.17) is 9.66 Å². The lowest BCUT2D eigenvalue weighted by atomic mass is 9.95. The zero-order valence-corrected chi connectivity index (χ0v) is 8.70. The van der Waals surface area contributed by atoms with Gasteiger partial charge in [-0.05, 0) is 12.8 Å². The largest absolute Gasteiger partial charge is 0.480 e. The first-order valence-corrected chi connectivity index (χ1v) is 5.77. The molecule has 1 aliphatic rings. The Balaban J connectivity index is 2.56. The normalized spacial score (nSPS) is 21.0. The Kier molecular flexibility index (Phi) is 4.50. The Morgan fingerprint density at radius 1 is 1.36 bits per heavy atom. The molecule has 5 nitrogen and oxygen atoms in total. The fraction of sp³-hybridized carbons (Fsp3) is 0.875. The monoisotopic (exact) mass is 221 g/mol. The Hall–Kier alpha value is -0.460. The Labute approximate surface area is 85.5 Å². The summed E-state index contributed by atoms with van der Waals surface area (Å²) in [5.74, 6) is -1.06. The van der Waals surface area contributed by atoms with Gasteiger partial charge in [-0.2, -0.15) is 4.31 Å². The predicted molar refractivity (Wildman–Crippen MR) is 52.0 cm³/mol. The lowest BCUT2D eigenvalue weighted by Gasteiger charge is -2.29. The molecular formula is C8H15NO4S. The van der Waals surface area contributed by atoms with Crippen molar-refractivity contribution in [3.63, 3.8) is 0 Å². The van der Waals surface area contributed by atoms with Crippen LogP contribution < -0.4 is 0 Å². The molecule has 0 aliphatic heterocycles. The smallest absolute Gasteiger partial charge is 0.318 e. The number of carboxylic acids is 1. The van der Waals surface area contributed by atoms with E-state index < -0.39 is 17.2 Å². The zero-order valence-electron chi connectivity index (χ0n) is 7.89. The maximum atomic E-state index is 10.9. The number of nitrogens with zero attached hydrogens (tertiary/aromatic N) is 1. The Morgan fingerprint density at radius 3 is 2.36 bits per heavy atom. The summed E-state index contributed by atoms with van der Waals surface area (Å²) >= 11 is -2.17. The van der Waals surface area contributed by atoms with Gasteiger partial charge in [0.25, 0.3) is 0 Å². The highest BCUT2D eigenvalue weighted by Gasteiger charge is 2.26. The van der Waals surface area contributed by atoms with Crippen molar-refractivity contribution in [2.75, 3.05) is 6.54 Å². The Bertz CT molecular complexity index is 227. The number of hydrogen-bond donors (Lipinski definition) is 2. The minimum atomic E-state index is -2.17. The van der Waals surface area contributed by atoms with Gasteiger partial charge in [-0.3, -0.25) is 9.35 Å². The van der Waals surface area contributed by atoms with Crippen LogP contribution in [0, 0.1) is 0 Å². The molecule has 1 atom stereocenters. The third kappa shape index (κ3) is 3.36. The van der Waals surface area contributed by atoms with E-state index in [2.05, 4.69) is 0 Å². The zero-order chi connectivity index (χ0) is 10.6. The van der Waals surface area contributed by atoms with Crippen LogP contribution in [-0.2, 0) is 16.1 Å². The lowest BCUT2D eigenvalue weighted by Crippen LogP contribution is -2.41. The first-order valence-electron chi connectivity index (χ1n) is 4.70. The van der Waals surface area contributed by atoms with Crippen molar-refractivity contribution in [3.05, 3.63) is 0 Å². The van der Waals surface area contributed by atoms with Gasteiger partial charge in [-0.1, -0.05) is 19.3 Å². The maximum Gasteiger partial charge on any atom is 0.318 e. The summed E-state index contributed by atoms with van der Waals surface area (Å²) in [6.45, 7) is -0.353. The quantitative estimate of drug-likeness (QED) is 0.690. The van der Waals surface area contributed by atoms with E-state index in [1.165, 1.54) is 0 Å². The van der Waals surface area contributed by atoms with E-state index in [0.717, 1.165) is 36.4 Å². The molecule has 0 aromatic heterocycles. The molecule has 1 saturated carbocycles. The van der Waals surface area contributed by atoms with Gasteiger partial charge in [-0.15, -0.1) is 0 Å². The lowest BCUT2D eigenvalue weighted by molar-refractivity contribution is -0.137. The van der Waals surface area contributed by atoms with Crippen molar-refractivity contribution in [1.29, 1.82) is 0 Å². The van der Waals surface area contributed by atoms with Crippen molar-refractivity contribution in [2.45, 2.75) is 38.1 Å². The molecule has 0 saturated heterocycles. The molecule has 1 aliphatic carbocycles. The topological polar surface area (TPSA) is 77.8 Å². The van der Waals surface area contributed by atoms with E-state index >= 15 is 0 Å². The summed E-state index contributed by atoms with van der Waals surface area (Å²) in [4.78, 5) is 10.5. The van der Waals surface area contributed by atoms with E-state index in [9.17, 15) is 9.00 Å². The molecule has 14 heavy (non-hydrogen) atoms. The summed E-state index contributed by atoms with van der Waals surface area (Å²) in [7, 11) is 0. The third-order valence-corrected chi connectivity index (χ3v) is 3.30. The number of carbonyl (C=O) groups is 1. The van der Waals surface area contributed by atoms with Gasteiger partial charge in [0.15, 0.2) is 0 Å². The number of rotatable bonds is 4. The van der Waals surface area contributed by atoms with Crippen LogP contribution in [0.5, 0.6) is 0 Å². The first kappa shape index (κ1) is 11.6. The minimum absolute atomic E-state index is 0.0503. The average Bonchev–Trinajstić information content (AvgIpc) is 2.15. The van der Waals surface area contributed by atoms with Crippen molar-refractivity contribution in [2.24, 2.45) is 0 Å².